The Morgan fingerprint density at radius 3 is 2.84 bits per heavy atom. The molecular weight excluding hydrogens is 239 g/mol. The summed E-state index contributed by atoms with van der Waals surface area (Å²) in [5.74, 6) is -0.252. The first-order chi connectivity index (χ1) is 9.31. The van der Waals surface area contributed by atoms with E-state index in [4.69, 9.17) is 0 Å². The van der Waals surface area contributed by atoms with E-state index >= 15 is 0 Å². The Hall–Kier alpha value is -1.90. The highest BCUT2D eigenvalue weighted by Crippen LogP contribution is 2.29. The molecule has 2 nitrogen and oxygen atoms in total. The predicted octanol–water partition coefficient (Wildman–Crippen LogP) is 4.49. The van der Waals surface area contributed by atoms with Gasteiger partial charge in [0, 0.05) is 30.2 Å². The fraction of sp³-hybridized carbons (Fsp3) is 0.312. The molecule has 3 heteroatoms. The third-order valence-electron chi connectivity index (χ3n) is 3.65. The van der Waals surface area contributed by atoms with E-state index < -0.39 is 0 Å². The monoisotopic (exact) mass is 256 g/mol. The van der Waals surface area contributed by atoms with Crippen LogP contribution in [0, 0.1) is 5.82 Å². The van der Waals surface area contributed by atoms with Gasteiger partial charge in [-0.15, -0.1) is 0 Å². The van der Waals surface area contributed by atoms with Crippen molar-refractivity contribution in [2.75, 3.05) is 0 Å². The number of rotatable bonds is 3. The van der Waals surface area contributed by atoms with Crippen molar-refractivity contribution in [3.05, 3.63) is 54.1 Å². The minimum absolute atomic E-state index is 0.252. The van der Waals surface area contributed by atoms with Crippen LogP contribution in [0.3, 0.4) is 0 Å². The molecule has 0 spiro atoms. The highest BCUT2D eigenvalue weighted by molar-refractivity contribution is 5.81. The predicted molar refractivity (Wildman–Crippen MR) is 75.6 cm³/mol. The standard InChI is InChI=1S/C16H17FN2/c17-14-4-3-5-15(10-14)18-11-13-8-9-19(12-13)16-6-1-2-7-16/h3-5,8-12,16H,1-2,6-7H2. The lowest BCUT2D eigenvalue weighted by atomic mass is 10.2. The normalized spacial score (nSPS) is 16.5. The van der Waals surface area contributed by atoms with Crippen LogP contribution < -0.4 is 0 Å². The molecule has 0 aliphatic heterocycles. The lowest BCUT2D eigenvalue weighted by Gasteiger charge is -2.10. The number of aliphatic imine (C=N–C) groups is 1. The number of nitrogens with zero attached hydrogens (tertiary/aromatic N) is 2. The molecule has 0 saturated heterocycles. The molecule has 98 valence electrons. The summed E-state index contributed by atoms with van der Waals surface area (Å²) in [5.41, 5.74) is 1.71. The van der Waals surface area contributed by atoms with E-state index in [2.05, 4.69) is 28.0 Å². The Kier molecular flexibility index (Phi) is 3.45. The second kappa shape index (κ2) is 5.39. The van der Waals surface area contributed by atoms with Crippen LogP contribution in [0.4, 0.5) is 10.1 Å². The Labute approximate surface area is 112 Å². The van der Waals surface area contributed by atoms with Gasteiger partial charge in [0.05, 0.1) is 5.69 Å². The molecule has 1 heterocycles. The number of hydrogen-bond donors (Lipinski definition) is 0. The second-order valence-electron chi connectivity index (χ2n) is 5.07. The van der Waals surface area contributed by atoms with Gasteiger partial charge in [0.25, 0.3) is 0 Å². The van der Waals surface area contributed by atoms with Crippen LogP contribution in [0.2, 0.25) is 0 Å². The molecule has 0 unspecified atom stereocenters. The Balaban J connectivity index is 1.73. The molecule has 0 N–H and O–H groups in total. The summed E-state index contributed by atoms with van der Waals surface area (Å²) in [6, 6.07) is 9.04. The molecule has 1 saturated carbocycles. The maximum atomic E-state index is 13.0. The van der Waals surface area contributed by atoms with Crippen molar-refractivity contribution in [1.82, 2.24) is 4.57 Å². The lowest BCUT2D eigenvalue weighted by Crippen LogP contribution is -2.00. The van der Waals surface area contributed by atoms with Crippen molar-refractivity contribution in [3.8, 4) is 0 Å². The zero-order valence-electron chi connectivity index (χ0n) is 10.8. The van der Waals surface area contributed by atoms with E-state index in [-0.39, 0.29) is 5.82 Å². The van der Waals surface area contributed by atoms with Gasteiger partial charge >= 0.3 is 0 Å². The second-order valence-corrected chi connectivity index (χ2v) is 5.07. The third-order valence-corrected chi connectivity index (χ3v) is 3.65. The smallest absolute Gasteiger partial charge is 0.125 e. The number of benzene rings is 1. The average Bonchev–Trinajstić information content (AvgIpc) is 3.07. The van der Waals surface area contributed by atoms with E-state index in [1.54, 1.807) is 18.3 Å². The Morgan fingerprint density at radius 1 is 1.21 bits per heavy atom. The molecule has 1 aliphatic carbocycles. The minimum atomic E-state index is -0.252. The summed E-state index contributed by atoms with van der Waals surface area (Å²) in [7, 11) is 0. The van der Waals surface area contributed by atoms with E-state index in [1.807, 2.05) is 0 Å². The zero-order chi connectivity index (χ0) is 13.1. The summed E-state index contributed by atoms with van der Waals surface area (Å²) in [5, 5.41) is 0. The van der Waals surface area contributed by atoms with Gasteiger partial charge in [0.15, 0.2) is 0 Å². The number of hydrogen-bond acceptors (Lipinski definition) is 1. The van der Waals surface area contributed by atoms with Crippen LogP contribution in [0.1, 0.15) is 37.3 Å². The molecule has 0 radical (unpaired) electrons. The summed E-state index contributed by atoms with van der Waals surface area (Å²) in [6.45, 7) is 0. The van der Waals surface area contributed by atoms with Crippen molar-refractivity contribution in [1.29, 1.82) is 0 Å². The zero-order valence-corrected chi connectivity index (χ0v) is 10.8. The van der Waals surface area contributed by atoms with Gasteiger partial charge in [-0.25, -0.2) is 4.39 Å². The molecule has 19 heavy (non-hydrogen) atoms. The highest BCUT2D eigenvalue weighted by Gasteiger charge is 2.15. The minimum Gasteiger partial charge on any atom is -0.351 e. The molecule has 3 rings (SSSR count). The van der Waals surface area contributed by atoms with Gasteiger partial charge in [0.1, 0.15) is 5.82 Å². The summed E-state index contributed by atoms with van der Waals surface area (Å²) < 4.78 is 15.3. The quantitative estimate of drug-likeness (QED) is 0.720. The van der Waals surface area contributed by atoms with Crippen LogP contribution in [-0.2, 0) is 0 Å². The fourth-order valence-corrected chi connectivity index (χ4v) is 2.64. The van der Waals surface area contributed by atoms with Crippen LogP contribution in [0.15, 0.2) is 47.7 Å². The van der Waals surface area contributed by atoms with E-state index in [1.165, 1.54) is 37.8 Å². The van der Waals surface area contributed by atoms with Gasteiger partial charge in [-0.2, -0.15) is 0 Å². The number of aromatic nitrogens is 1. The van der Waals surface area contributed by atoms with Crippen LogP contribution in [0.5, 0.6) is 0 Å². The third kappa shape index (κ3) is 2.92. The summed E-state index contributed by atoms with van der Waals surface area (Å²) >= 11 is 0. The maximum absolute atomic E-state index is 13.0. The average molecular weight is 256 g/mol. The molecule has 2 aromatic rings. The van der Waals surface area contributed by atoms with E-state index in [0.29, 0.717) is 11.7 Å². The molecule has 1 aliphatic rings. The van der Waals surface area contributed by atoms with Gasteiger partial charge in [-0.05, 0) is 37.1 Å². The Morgan fingerprint density at radius 2 is 2.05 bits per heavy atom. The van der Waals surface area contributed by atoms with Gasteiger partial charge < -0.3 is 4.57 Å². The SMILES string of the molecule is Fc1cccc(N=Cc2ccn(C3CCCC3)c2)c1. The molecule has 0 atom stereocenters. The van der Waals surface area contributed by atoms with Crippen LogP contribution in [-0.4, -0.2) is 10.8 Å². The van der Waals surface area contributed by atoms with Crippen molar-refractivity contribution >= 4 is 11.9 Å². The fourth-order valence-electron chi connectivity index (χ4n) is 2.64. The lowest BCUT2D eigenvalue weighted by molar-refractivity contribution is 0.521. The van der Waals surface area contributed by atoms with Crippen LogP contribution in [0.25, 0.3) is 0 Å². The first kappa shape index (κ1) is 12.2. The van der Waals surface area contributed by atoms with Crippen molar-refractivity contribution in [2.24, 2.45) is 4.99 Å². The largest absolute Gasteiger partial charge is 0.351 e. The Bertz CT molecular complexity index is 580. The van der Waals surface area contributed by atoms with E-state index in [9.17, 15) is 4.39 Å². The highest BCUT2D eigenvalue weighted by atomic mass is 19.1. The summed E-state index contributed by atoms with van der Waals surface area (Å²) in [6.07, 6.45) is 11.2. The topological polar surface area (TPSA) is 17.3 Å². The van der Waals surface area contributed by atoms with Crippen molar-refractivity contribution in [2.45, 2.75) is 31.7 Å². The van der Waals surface area contributed by atoms with Gasteiger partial charge in [-0.3, -0.25) is 4.99 Å². The molecular formula is C16H17FN2. The molecule has 0 amide bonds. The molecule has 1 aromatic heterocycles. The molecule has 1 fully saturated rings. The van der Waals surface area contributed by atoms with Crippen LogP contribution >= 0.6 is 0 Å². The van der Waals surface area contributed by atoms with Gasteiger partial charge in [0.2, 0.25) is 0 Å². The first-order valence-corrected chi connectivity index (χ1v) is 6.78. The first-order valence-electron chi connectivity index (χ1n) is 6.78. The van der Waals surface area contributed by atoms with Gasteiger partial charge in [-0.1, -0.05) is 18.9 Å². The van der Waals surface area contributed by atoms with Crippen molar-refractivity contribution < 1.29 is 4.39 Å². The summed E-state index contributed by atoms with van der Waals surface area (Å²) in [4.78, 5) is 4.30. The molecule has 0 bridgehead atoms. The number of halogens is 1. The van der Waals surface area contributed by atoms with Crippen molar-refractivity contribution in [3.63, 3.8) is 0 Å². The van der Waals surface area contributed by atoms with E-state index in [0.717, 1.165) is 5.56 Å². The molecule has 1 aromatic carbocycles. The maximum Gasteiger partial charge on any atom is 0.125 e.